The average molecular weight is 445 g/mol. The lowest BCUT2D eigenvalue weighted by molar-refractivity contribution is -0.122. The third-order valence-corrected chi connectivity index (χ3v) is 7.61. The number of hydrogen-bond donors (Lipinski definition) is 1. The maximum atomic E-state index is 13.5. The number of carbonyl (C=O) groups excluding carboxylic acids is 1. The Kier molecular flexibility index (Phi) is 8.09. The molecule has 1 fully saturated rings. The maximum absolute atomic E-state index is 13.5. The normalized spacial score (nSPS) is 16.1. The van der Waals surface area contributed by atoms with Crippen LogP contribution in [0.1, 0.15) is 57.6 Å². The van der Waals surface area contributed by atoms with Crippen LogP contribution in [0.2, 0.25) is 0 Å². The standard InChI is InChI=1S/C24H32N2O4S/c1-3-30-22-14-16-23(17-15-22)31(28,29)26(21-12-8-5-9-13-21)18-24(27)25-19(2)20-10-6-4-7-11-20/h4,6-7,10-11,14-17,19,21H,3,5,8-9,12-13,18H2,1-2H3,(H,25,27)/t19-/m0/s1. The summed E-state index contributed by atoms with van der Waals surface area (Å²) in [7, 11) is -3.81. The Morgan fingerprint density at radius 2 is 1.71 bits per heavy atom. The molecule has 1 saturated carbocycles. The highest BCUT2D eigenvalue weighted by Gasteiger charge is 2.34. The third kappa shape index (κ3) is 6.08. The van der Waals surface area contributed by atoms with Gasteiger partial charge in [-0.2, -0.15) is 4.31 Å². The van der Waals surface area contributed by atoms with Crippen LogP contribution in [-0.2, 0) is 14.8 Å². The molecule has 0 heterocycles. The molecule has 31 heavy (non-hydrogen) atoms. The van der Waals surface area contributed by atoms with Crippen LogP contribution in [-0.4, -0.2) is 37.8 Å². The van der Waals surface area contributed by atoms with Gasteiger partial charge < -0.3 is 10.1 Å². The zero-order chi connectivity index (χ0) is 22.3. The van der Waals surface area contributed by atoms with E-state index >= 15 is 0 Å². The van der Waals surface area contributed by atoms with Crippen molar-refractivity contribution in [3.8, 4) is 5.75 Å². The van der Waals surface area contributed by atoms with Gasteiger partial charge >= 0.3 is 0 Å². The summed E-state index contributed by atoms with van der Waals surface area (Å²) < 4.78 is 33.8. The Bertz CT molecular complexity index is 939. The molecule has 0 saturated heterocycles. The Morgan fingerprint density at radius 3 is 2.32 bits per heavy atom. The second-order valence-electron chi connectivity index (χ2n) is 7.95. The van der Waals surface area contributed by atoms with Gasteiger partial charge in [-0.05, 0) is 56.5 Å². The average Bonchev–Trinajstić information content (AvgIpc) is 2.79. The number of benzene rings is 2. The molecule has 1 N–H and O–H groups in total. The summed E-state index contributed by atoms with van der Waals surface area (Å²) in [6.07, 6.45) is 4.60. The minimum Gasteiger partial charge on any atom is -0.494 e. The number of hydrogen-bond acceptors (Lipinski definition) is 4. The fourth-order valence-corrected chi connectivity index (χ4v) is 5.68. The molecule has 0 aromatic heterocycles. The van der Waals surface area contributed by atoms with Crippen molar-refractivity contribution < 1.29 is 17.9 Å². The quantitative estimate of drug-likeness (QED) is 0.626. The predicted octanol–water partition coefficient (Wildman–Crippen LogP) is 4.29. The molecular weight excluding hydrogens is 412 g/mol. The minimum absolute atomic E-state index is 0.164. The third-order valence-electron chi connectivity index (χ3n) is 5.70. The molecule has 1 atom stereocenters. The van der Waals surface area contributed by atoms with E-state index in [4.69, 9.17) is 4.74 Å². The fourth-order valence-electron chi connectivity index (χ4n) is 4.04. The first-order chi connectivity index (χ1) is 14.9. The van der Waals surface area contributed by atoms with Crippen LogP contribution >= 0.6 is 0 Å². The van der Waals surface area contributed by atoms with Crippen LogP contribution < -0.4 is 10.1 Å². The zero-order valence-corrected chi connectivity index (χ0v) is 19.1. The molecule has 168 valence electrons. The number of rotatable bonds is 9. The fraction of sp³-hybridized carbons (Fsp3) is 0.458. The Morgan fingerprint density at radius 1 is 1.06 bits per heavy atom. The van der Waals surface area contributed by atoms with Crippen LogP contribution in [0.25, 0.3) is 0 Å². The molecule has 0 aliphatic heterocycles. The van der Waals surface area contributed by atoms with E-state index in [0.717, 1.165) is 37.7 Å². The second-order valence-corrected chi connectivity index (χ2v) is 9.84. The second kappa shape index (κ2) is 10.8. The lowest BCUT2D eigenvalue weighted by Gasteiger charge is -2.33. The lowest BCUT2D eigenvalue weighted by atomic mass is 9.95. The van der Waals surface area contributed by atoms with Crippen molar-refractivity contribution in [1.82, 2.24) is 9.62 Å². The first-order valence-corrected chi connectivity index (χ1v) is 12.4. The van der Waals surface area contributed by atoms with Crippen molar-refractivity contribution >= 4 is 15.9 Å². The Hall–Kier alpha value is -2.38. The molecule has 0 spiro atoms. The molecule has 0 bridgehead atoms. The largest absolute Gasteiger partial charge is 0.494 e. The molecule has 0 unspecified atom stereocenters. The molecule has 1 amide bonds. The van der Waals surface area contributed by atoms with Crippen molar-refractivity contribution in [3.05, 3.63) is 60.2 Å². The summed E-state index contributed by atoms with van der Waals surface area (Å²) in [5, 5.41) is 2.95. The van der Waals surface area contributed by atoms with Crippen molar-refractivity contribution in [2.75, 3.05) is 13.2 Å². The Labute approximate surface area is 185 Å². The predicted molar refractivity (Wildman–Crippen MR) is 121 cm³/mol. The van der Waals surface area contributed by atoms with E-state index in [9.17, 15) is 13.2 Å². The molecular formula is C24H32N2O4S. The highest BCUT2D eigenvalue weighted by molar-refractivity contribution is 7.89. The topological polar surface area (TPSA) is 75.7 Å². The van der Waals surface area contributed by atoms with E-state index in [0.29, 0.717) is 12.4 Å². The number of nitrogens with one attached hydrogen (secondary N) is 1. The molecule has 2 aromatic carbocycles. The summed E-state index contributed by atoms with van der Waals surface area (Å²) in [4.78, 5) is 13.0. The summed E-state index contributed by atoms with van der Waals surface area (Å²) in [5.41, 5.74) is 0.981. The monoisotopic (exact) mass is 444 g/mol. The Balaban J connectivity index is 1.79. The summed E-state index contributed by atoms with van der Waals surface area (Å²) >= 11 is 0. The highest BCUT2D eigenvalue weighted by Crippen LogP contribution is 2.28. The van der Waals surface area contributed by atoms with E-state index in [2.05, 4.69) is 5.32 Å². The smallest absolute Gasteiger partial charge is 0.243 e. The first kappa shape index (κ1) is 23.3. The van der Waals surface area contributed by atoms with Crippen molar-refractivity contribution in [2.45, 2.75) is 62.9 Å². The molecule has 1 aliphatic carbocycles. The SMILES string of the molecule is CCOc1ccc(S(=O)(=O)N(CC(=O)N[C@@H](C)c2ccccc2)C2CCCCC2)cc1. The summed E-state index contributed by atoms with van der Waals surface area (Å²) in [6, 6.07) is 15.7. The van der Waals surface area contributed by atoms with E-state index in [-0.39, 0.29) is 29.4 Å². The molecule has 6 nitrogen and oxygen atoms in total. The minimum atomic E-state index is -3.81. The number of carbonyl (C=O) groups is 1. The lowest BCUT2D eigenvalue weighted by Crippen LogP contribution is -2.47. The van der Waals surface area contributed by atoms with Gasteiger partial charge in [0.25, 0.3) is 0 Å². The number of nitrogens with zero attached hydrogens (tertiary/aromatic N) is 1. The molecule has 0 radical (unpaired) electrons. The van der Waals surface area contributed by atoms with Gasteiger partial charge in [0.2, 0.25) is 15.9 Å². The van der Waals surface area contributed by atoms with Gasteiger partial charge in [0, 0.05) is 6.04 Å². The van der Waals surface area contributed by atoms with Crippen LogP contribution in [0.4, 0.5) is 0 Å². The van der Waals surface area contributed by atoms with Gasteiger partial charge in [0.1, 0.15) is 5.75 Å². The summed E-state index contributed by atoms with van der Waals surface area (Å²) in [5.74, 6) is 0.330. The van der Waals surface area contributed by atoms with Gasteiger partial charge in [-0.25, -0.2) is 8.42 Å². The van der Waals surface area contributed by atoms with Crippen molar-refractivity contribution in [2.24, 2.45) is 0 Å². The van der Waals surface area contributed by atoms with Crippen LogP contribution in [0, 0.1) is 0 Å². The van der Waals surface area contributed by atoms with E-state index < -0.39 is 10.0 Å². The van der Waals surface area contributed by atoms with E-state index in [1.54, 1.807) is 24.3 Å². The molecule has 2 aromatic rings. The van der Waals surface area contributed by atoms with Crippen molar-refractivity contribution in [1.29, 1.82) is 0 Å². The van der Waals surface area contributed by atoms with Gasteiger partial charge in [-0.1, -0.05) is 49.6 Å². The maximum Gasteiger partial charge on any atom is 0.243 e. The van der Waals surface area contributed by atoms with Gasteiger partial charge in [-0.3, -0.25) is 4.79 Å². The number of sulfonamides is 1. The van der Waals surface area contributed by atoms with Crippen LogP contribution in [0.5, 0.6) is 5.75 Å². The van der Waals surface area contributed by atoms with Gasteiger partial charge in [0.05, 0.1) is 24.1 Å². The van der Waals surface area contributed by atoms with E-state index in [1.807, 2.05) is 44.2 Å². The van der Waals surface area contributed by atoms with Gasteiger partial charge in [0.15, 0.2) is 0 Å². The van der Waals surface area contributed by atoms with Crippen LogP contribution in [0.3, 0.4) is 0 Å². The molecule has 1 aliphatic rings. The zero-order valence-electron chi connectivity index (χ0n) is 18.3. The van der Waals surface area contributed by atoms with Crippen molar-refractivity contribution in [3.63, 3.8) is 0 Å². The van der Waals surface area contributed by atoms with Gasteiger partial charge in [-0.15, -0.1) is 0 Å². The number of ether oxygens (including phenoxy) is 1. The van der Waals surface area contributed by atoms with Crippen LogP contribution in [0.15, 0.2) is 59.5 Å². The molecule has 3 rings (SSSR count). The summed E-state index contributed by atoms with van der Waals surface area (Å²) in [6.45, 7) is 4.11. The number of amides is 1. The molecule has 7 heteroatoms. The first-order valence-electron chi connectivity index (χ1n) is 11.0. The van der Waals surface area contributed by atoms with E-state index in [1.165, 1.54) is 4.31 Å². The highest BCUT2D eigenvalue weighted by atomic mass is 32.2.